The molecule has 3 nitrogen and oxygen atoms in total. The number of benzene rings is 1. The number of esters is 1. The number of aromatic nitrogens is 1. The van der Waals surface area contributed by atoms with Crippen molar-refractivity contribution in [3.63, 3.8) is 0 Å². The highest BCUT2D eigenvalue weighted by atomic mass is 32.1. The summed E-state index contributed by atoms with van der Waals surface area (Å²) >= 11 is 1.56. The summed E-state index contributed by atoms with van der Waals surface area (Å²) in [5.41, 5.74) is 1.89. The highest BCUT2D eigenvalue weighted by Crippen LogP contribution is 2.23. The van der Waals surface area contributed by atoms with Gasteiger partial charge in [0, 0.05) is 17.4 Å². The smallest absolute Gasteiger partial charge is 0.305 e. The standard InChI is InChI=1S/C13H13NO2S/c1-2-12(15)16-8-11-9-17-13(14-11)10-6-4-3-5-7-10/h3-7,9H,2,8H2,1H3. The molecule has 88 valence electrons. The second-order valence-corrected chi connectivity index (χ2v) is 4.38. The van der Waals surface area contributed by atoms with Gasteiger partial charge in [-0.05, 0) is 0 Å². The predicted molar refractivity (Wildman–Crippen MR) is 67.6 cm³/mol. The molecule has 0 atom stereocenters. The molecule has 0 amide bonds. The predicted octanol–water partition coefficient (Wildman–Crippen LogP) is 3.26. The summed E-state index contributed by atoms with van der Waals surface area (Å²) < 4.78 is 5.03. The molecular formula is C13H13NO2S. The molecule has 0 aliphatic carbocycles. The van der Waals surface area contributed by atoms with Crippen LogP contribution in [0.2, 0.25) is 0 Å². The zero-order chi connectivity index (χ0) is 12.1. The fourth-order valence-electron chi connectivity index (χ4n) is 1.34. The Balaban J connectivity index is 2.04. The van der Waals surface area contributed by atoms with Crippen LogP contribution in [0.15, 0.2) is 35.7 Å². The van der Waals surface area contributed by atoms with Gasteiger partial charge in [-0.1, -0.05) is 37.3 Å². The number of hydrogen-bond donors (Lipinski definition) is 0. The first kappa shape index (κ1) is 11.8. The Hall–Kier alpha value is -1.68. The lowest BCUT2D eigenvalue weighted by Crippen LogP contribution is -2.02. The van der Waals surface area contributed by atoms with Crippen LogP contribution in [-0.4, -0.2) is 11.0 Å². The Labute approximate surface area is 104 Å². The van der Waals surface area contributed by atoms with Crippen LogP contribution in [0.1, 0.15) is 19.0 Å². The monoisotopic (exact) mass is 247 g/mol. The van der Waals surface area contributed by atoms with Gasteiger partial charge in [0.2, 0.25) is 0 Å². The number of ether oxygens (including phenoxy) is 1. The van der Waals surface area contributed by atoms with Crippen molar-refractivity contribution in [1.29, 1.82) is 0 Å². The SMILES string of the molecule is CCC(=O)OCc1csc(-c2ccccc2)n1. The molecule has 0 unspecified atom stereocenters. The third-order valence-electron chi connectivity index (χ3n) is 2.24. The normalized spacial score (nSPS) is 10.2. The van der Waals surface area contributed by atoms with Crippen molar-refractivity contribution in [2.75, 3.05) is 0 Å². The van der Waals surface area contributed by atoms with Gasteiger partial charge in [0.05, 0.1) is 5.69 Å². The number of carbonyl (C=O) groups is 1. The second kappa shape index (κ2) is 5.59. The number of carbonyl (C=O) groups excluding carboxylic acids is 1. The fraction of sp³-hybridized carbons (Fsp3) is 0.231. The topological polar surface area (TPSA) is 39.2 Å². The first-order valence-corrected chi connectivity index (χ1v) is 6.33. The highest BCUT2D eigenvalue weighted by Gasteiger charge is 2.06. The maximum absolute atomic E-state index is 11.0. The average Bonchev–Trinajstić information content (AvgIpc) is 2.86. The molecule has 17 heavy (non-hydrogen) atoms. The molecule has 0 aliphatic heterocycles. The number of nitrogens with zero attached hydrogens (tertiary/aromatic N) is 1. The minimum Gasteiger partial charge on any atom is -0.459 e. The quantitative estimate of drug-likeness (QED) is 0.778. The first-order chi connectivity index (χ1) is 8.29. The van der Waals surface area contributed by atoms with Gasteiger partial charge in [0.25, 0.3) is 0 Å². The summed E-state index contributed by atoms with van der Waals surface area (Å²) in [6, 6.07) is 9.96. The van der Waals surface area contributed by atoms with E-state index in [2.05, 4.69) is 4.98 Å². The van der Waals surface area contributed by atoms with E-state index in [0.717, 1.165) is 16.3 Å². The van der Waals surface area contributed by atoms with Gasteiger partial charge < -0.3 is 4.74 Å². The van der Waals surface area contributed by atoms with Gasteiger partial charge in [0.15, 0.2) is 0 Å². The van der Waals surface area contributed by atoms with E-state index in [4.69, 9.17) is 4.74 Å². The van der Waals surface area contributed by atoms with Gasteiger partial charge in [0.1, 0.15) is 11.6 Å². The van der Waals surface area contributed by atoms with Crippen LogP contribution in [0.25, 0.3) is 10.6 Å². The van der Waals surface area contributed by atoms with Crippen LogP contribution in [0.4, 0.5) is 0 Å². The molecule has 0 N–H and O–H groups in total. The van der Waals surface area contributed by atoms with Crippen molar-refractivity contribution in [1.82, 2.24) is 4.98 Å². The number of thiazole rings is 1. The lowest BCUT2D eigenvalue weighted by Gasteiger charge is -1.99. The van der Waals surface area contributed by atoms with E-state index in [1.165, 1.54) is 0 Å². The molecule has 2 aromatic rings. The van der Waals surface area contributed by atoms with Crippen LogP contribution in [0.5, 0.6) is 0 Å². The van der Waals surface area contributed by atoms with Gasteiger partial charge >= 0.3 is 5.97 Å². The lowest BCUT2D eigenvalue weighted by atomic mass is 10.2. The van der Waals surface area contributed by atoms with Gasteiger partial charge in [-0.25, -0.2) is 4.98 Å². The van der Waals surface area contributed by atoms with Crippen LogP contribution in [0.3, 0.4) is 0 Å². The van der Waals surface area contributed by atoms with Gasteiger partial charge in [-0.2, -0.15) is 0 Å². The molecule has 0 spiro atoms. The van der Waals surface area contributed by atoms with Crippen LogP contribution >= 0.6 is 11.3 Å². The Morgan fingerprint density at radius 3 is 2.82 bits per heavy atom. The van der Waals surface area contributed by atoms with Crippen molar-refractivity contribution in [2.45, 2.75) is 20.0 Å². The Morgan fingerprint density at radius 2 is 2.12 bits per heavy atom. The second-order valence-electron chi connectivity index (χ2n) is 3.52. The molecular weight excluding hydrogens is 234 g/mol. The van der Waals surface area contributed by atoms with Crippen molar-refractivity contribution in [3.8, 4) is 10.6 Å². The van der Waals surface area contributed by atoms with Crippen LogP contribution in [-0.2, 0) is 16.1 Å². The molecule has 4 heteroatoms. The molecule has 1 aromatic carbocycles. The van der Waals surface area contributed by atoms with E-state index in [1.807, 2.05) is 35.7 Å². The Bertz CT molecular complexity index is 493. The molecule has 2 rings (SSSR count). The zero-order valence-corrected chi connectivity index (χ0v) is 10.4. The molecule has 0 fully saturated rings. The first-order valence-electron chi connectivity index (χ1n) is 5.45. The van der Waals surface area contributed by atoms with E-state index in [1.54, 1.807) is 18.3 Å². The number of rotatable bonds is 4. The molecule has 0 bridgehead atoms. The number of hydrogen-bond acceptors (Lipinski definition) is 4. The van der Waals surface area contributed by atoms with Gasteiger partial charge in [-0.3, -0.25) is 4.79 Å². The lowest BCUT2D eigenvalue weighted by molar-refractivity contribution is -0.144. The minimum absolute atomic E-state index is 0.195. The van der Waals surface area contributed by atoms with Gasteiger partial charge in [-0.15, -0.1) is 11.3 Å². The van der Waals surface area contributed by atoms with E-state index >= 15 is 0 Å². The maximum atomic E-state index is 11.0. The summed E-state index contributed by atoms with van der Waals surface area (Å²) in [5, 5.41) is 2.87. The molecule has 0 saturated carbocycles. The third kappa shape index (κ3) is 3.14. The Kier molecular flexibility index (Phi) is 3.88. The van der Waals surface area contributed by atoms with Crippen molar-refractivity contribution < 1.29 is 9.53 Å². The molecule has 0 radical (unpaired) electrons. The zero-order valence-electron chi connectivity index (χ0n) is 9.55. The summed E-state index contributed by atoms with van der Waals surface area (Å²) in [5.74, 6) is -0.195. The van der Waals surface area contributed by atoms with E-state index in [-0.39, 0.29) is 12.6 Å². The fourth-order valence-corrected chi connectivity index (χ4v) is 2.15. The van der Waals surface area contributed by atoms with E-state index in [9.17, 15) is 4.79 Å². The molecule has 1 aromatic heterocycles. The van der Waals surface area contributed by atoms with Crippen LogP contribution in [0, 0.1) is 0 Å². The summed E-state index contributed by atoms with van der Waals surface area (Å²) in [7, 11) is 0. The summed E-state index contributed by atoms with van der Waals surface area (Å²) in [4.78, 5) is 15.4. The molecule has 0 aliphatic rings. The van der Waals surface area contributed by atoms with E-state index < -0.39 is 0 Å². The van der Waals surface area contributed by atoms with Crippen molar-refractivity contribution in [3.05, 3.63) is 41.4 Å². The van der Waals surface area contributed by atoms with Crippen molar-refractivity contribution in [2.24, 2.45) is 0 Å². The highest BCUT2D eigenvalue weighted by molar-refractivity contribution is 7.13. The van der Waals surface area contributed by atoms with Crippen molar-refractivity contribution >= 4 is 17.3 Å². The molecule has 0 saturated heterocycles. The minimum atomic E-state index is -0.195. The molecule has 1 heterocycles. The average molecular weight is 247 g/mol. The van der Waals surface area contributed by atoms with Crippen LogP contribution < -0.4 is 0 Å². The third-order valence-corrected chi connectivity index (χ3v) is 3.18. The largest absolute Gasteiger partial charge is 0.459 e. The Morgan fingerprint density at radius 1 is 1.35 bits per heavy atom. The maximum Gasteiger partial charge on any atom is 0.305 e. The summed E-state index contributed by atoms with van der Waals surface area (Å²) in [6.45, 7) is 2.04. The van der Waals surface area contributed by atoms with E-state index in [0.29, 0.717) is 6.42 Å². The summed E-state index contributed by atoms with van der Waals surface area (Å²) in [6.07, 6.45) is 0.398.